The number of piperidine rings is 1. The molecule has 0 saturated carbocycles. The van der Waals surface area contributed by atoms with E-state index in [1.54, 1.807) is 25.3 Å². The number of anilines is 1. The van der Waals surface area contributed by atoms with Gasteiger partial charge in [0, 0.05) is 18.3 Å². The van der Waals surface area contributed by atoms with E-state index in [0.717, 1.165) is 38.0 Å². The van der Waals surface area contributed by atoms with E-state index in [0.29, 0.717) is 17.8 Å². The minimum absolute atomic E-state index is 0.110. The molecule has 0 radical (unpaired) electrons. The molecule has 1 aromatic carbocycles. The molecule has 1 amide bonds. The first-order valence-corrected chi connectivity index (χ1v) is 9.97. The number of carbonyl (C=O) groups excluding carboxylic acids is 2. The lowest BCUT2D eigenvalue weighted by Crippen LogP contribution is -2.48. The Hall–Kier alpha value is -2.76. The van der Waals surface area contributed by atoms with E-state index in [-0.39, 0.29) is 11.9 Å². The van der Waals surface area contributed by atoms with Crippen LogP contribution in [0, 0.1) is 0 Å². The van der Waals surface area contributed by atoms with E-state index in [4.69, 9.17) is 9.15 Å². The van der Waals surface area contributed by atoms with Crippen LogP contribution in [-0.2, 0) is 16.1 Å². The third-order valence-electron chi connectivity index (χ3n) is 5.19. The largest absolute Gasteiger partial charge is 0.467 e. The van der Waals surface area contributed by atoms with Crippen LogP contribution in [0.5, 0.6) is 0 Å². The summed E-state index contributed by atoms with van der Waals surface area (Å²) in [6.07, 6.45) is 4.88. The normalized spacial score (nSPS) is 17.8. The minimum atomic E-state index is -0.808. The molecule has 1 saturated heterocycles. The van der Waals surface area contributed by atoms with Crippen LogP contribution in [0.1, 0.15) is 55.6 Å². The fourth-order valence-corrected chi connectivity index (χ4v) is 3.63. The van der Waals surface area contributed by atoms with Gasteiger partial charge in [0.1, 0.15) is 5.76 Å². The maximum Gasteiger partial charge on any atom is 0.341 e. The zero-order valence-electron chi connectivity index (χ0n) is 16.5. The van der Waals surface area contributed by atoms with Crippen LogP contribution < -0.4 is 5.32 Å². The Morgan fingerprint density at radius 1 is 1.25 bits per heavy atom. The molecule has 1 aliphatic heterocycles. The van der Waals surface area contributed by atoms with Crippen LogP contribution in [0.25, 0.3) is 0 Å². The number of hydrogen-bond acceptors (Lipinski definition) is 5. The number of nitrogens with one attached hydrogen (secondary N) is 1. The number of hydrogen-bond donors (Lipinski definition) is 1. The first-order valence-electron chi connectivity index (χ1n) is 9.97. The van der Waals surface area contributed by atoms with E-state index in [9.17, 15) is 9.59 Å². The summed E-state index contributed by atoms with van der Waals surface area (Å²) in [4.78, 5) is 27.4. The van der Waals surface area contributed by atoms with Crippen LogP contribution in [0.4, 0.5) is 5.69 Å². The van der Waals surface area contributed by atoms with Crippen molar-refractivity contribution in [1.82, 2.24) is 4.90 Å². The lowest BCUT2D eigenvalue weighted by molar-refractivity contribution is -0.143. The van der Waals surface area contributed by atoms with E-state index >= 15 is 0 Å². The van der Waals surface area contributed by atoms with Gasteiger partial charge in [-0.15, -0.1) is 0 Å². The fraction of sp³-hybridized carbons (Fsp3) is 0.455. The van der Waals surface area contributed by atoms with Crippen molar-refractivity contribution in [2.24, 2.45) is 0 Å². The van der Waals surface area contributed by atoms with Crippen LogP contribution in [0.15, 0.2) is 47.1 Å². The van der Waals surface area contributed by atoms with Crippen molar-refractivity contribution in [3.8, 4) is 0 Å². The Kier molecular flexibility index (Phi) is 6.74. The van der Waals surface area contributed by atoms with Gasteiger partial charge < -0.3 is 19.4 Å². The lowest BCUT2D eigenvalue weighted by atomic mass is 9.99. The van der Waals surface area contributed by atoms with Gasteiger partial charge in [-0.1, -0.05) is 19.1 Å². The molecule has 2 aromatic rings. The zero-order chi connectivity index (χ0) is 19.9. The molecule has 2 heterocycles. The zero-order valence-corrected chi connectivity index (χ0v) is 16.5. The van der Waals surface area contributed by atoms with E-state index in [1.807, 2.05) is 29.2 Å². The van der Waals surface area contributed by atoms with Gasteiger partial charge in [-0.2, -0.15) is 0 Å². The Bertz CT molecular complexity index is 788. The summed E-state index contributed by atoms with van der Waals surface area (Å²) in [6.45, 7) is 4.94. The molecule has 6 nitrogen and oxygen atoms in total. The Labute approximate surface area is 165 Å². The molecule has 6 heteroatoms. The fourth-order valence-electron chi connectivity index (χ4n) is 3.63. The highest BCUT2D eigenvalue weighted by Crippen LogP contribution is 2.22. The Morgan fingerprint density at radius 2 is 2.07 bits per heavy atom. The van der Waals surface area contributed by atoms with Crippen molar-refractivity contribution >= 4 is 17.6 Å². The Balaban J connectivity index is 1.64. The average molecular weight is 384 g/mol. The van der Waals surface area contributed by atoms with Gasteiger partial charge in [0.05, 0.1) is 18.4 Å². The van der Waals surface area contributed by atoms with Gasteiger partial charge in [0.2, 0.25) is 0 Å². The summed E-state index contributed by atoms with van der Waals surface area (Å²) in [6, 6.07) is 11.0. The molecule has 1 N–H and O–H groups in total. The van der Waals surface area contributed by atoms with Crippen LogP contribution >= 0.6 is 0 Å². The summed E-state index contributed by atoms with van der Waals surface area (Å²) in [5.74, 6) is 0.150. The number of ether oxygens (including phenoxy) is 1. The van der Waals surface area contributed by atoms with Gasteiger partial charge in [-0.05, 0) is 56.9 Å². The Morgan fingerprint density at radius 3 is 2.82 bits per heavy atom. The maximum atomic E-state index is 12.8. The van der Waals surface area contributed by atoms with Crippen molar-refractivity contribution in [3.63, 3.8) is 0 Å². The third kappa shape index (κ3) is 4.74. The number of carbonyl (C=O) groups is 2. The molecule has 28 heavy (non-hydrogen) atoms. The highest BCUT2D eigenvalue weighted by atomic mass is 16.5. The first kappa shape index (κ1) is 20.0. The molecule has 150 valence electrons. The second-order valence-corrected chi connectivity index (χ2v) is 7.12. The molecule has 2 atom stereocenters. The van der Waals surface area contributed by atoms with Crippen molar-refractivity contribution in [2.75, 3.05) is 11.9 Å². The van der Waals surface area contributed by atoms with E-state index in [1.165, 1.54) is 0 Å². The molecule has 1 aliphatic rings. The monoisotopic (exact) mass is 384 g/mol. The number of benzene rings is 1. The predicted octanol–water partition coefficient (Wildman–Crippen LogP) is 4.23. The number of furan rings is 1. The molecule has 2 unspecified atom stereocenters. The van der Waals surface area contributed by atoms with Gasteiger partial charge in [0.15, 0.2) is 6.10 Å². The van der Waals surface area contributed by atoms with E-state index < -0.39 is 12.1 Å². The molecular formula is C22H28N2O4. The number of esters is 1. The molecule has 0 spiro atoms. The molecule has 0 aliphatic carbocycles. The van der Waals surface area contributed by atoms with E-state index in [2.05, 4.69) is 12.2 Å². The van der Waals surface area contributed by atoms with Crippen LogP contribution in [0.2, 0.25) is 0 Å². The van der Waals surface area contributed by atoms with Crippen molar-refractivity contribution < 1.29 is 18.7 Å². The van der Waals surface area contributed by atoms with Gasteiger partial charge in [-0.3, -0.25) is 4.79 Å². The van der Waals surface area contributed by atoms with Gasteiger partial charge >= 0.3 is 5.97 Å². The summed E-state index contributed by atoms with van der Waals surface area (Å²) in [5, 5.41) is 3.19. The number of amides is 1. The topological polar surface area (TPSA) is 71.8 Å². The molecular weight excluding hydrogens is 356 g/mol. The number of para-hydroxylation sites is 1. The standard InChI is InChI=1S/C22H28N2O4/c1-3-17-9-6-7-13-24(17)21(25)16(2)28-22(26)19-11-4-5-12-20(19)23-15-18-10-8-14-27-18/h4-5,8,10-12,14,16-17,23H,3,6-7,9,13,15H2,1-2H3. The van der Waals surface area contributed by atoms with Crippen molar-refractivity contribution in [3.05, 3.63) is 54.0 Å². The number of likely N-dealkylation sites (tertiary alicyclic amines) is 1. The highest BCUT2D eigenvalue weighted by Gasteiger charge is 2.30. The van der Waals surface area contributed by atoms with Crippen LogP contribution in [-0.4, -0.2) is 35.5 Å². The molecule has 3 rings (SSSR count). The molecule has 0 bridgehead atoms. The van der Waals surface area contributed by atoms with Gasteiger partial charge in [0.25, 0.3) is 5.91 Å². The second kappa shape index (κ2) is 9.44. The molecule has 1 fully saturated rings. The third-order valence-corrected chi connectivity index (χ3v) is 5.19. The number of rotatable bonds is 7. The average Bonchev–Trinajstić information content (AvgIpc) is 3.25. The summed E-state index contributed by atoms with van der Waals surface area (Å²) < 4.78 is 10.8. The SMILES string of the molecule is CCC1CCCCN1C(=O)C(C)OC(=O)c1ccccc1NCc1ccco1. The summed E-state index contributed by atoms with van der Waals surface area (Å²) >= 11 is 0. The summed E-state index contributed by atoms with van der Waals surface area (Å²) in [5.41, 5.74) is 1.05. The lowest BCUT2D eigenvalue weighted by Gasteiger charge is -2.36. The molecule has 1 aromatic heterocycles. The minimum Gasteiger partial charge on any atom is -0.467 e. The summed E-state index contributed by atoms with van der Waals surface area (Å²) in [7, 11) is 0. The van der Waals surface area contributed by atoms with Crippen molar-refractivity contribution in [2.45, 2.75) is 58.2 Å². The first-order chi connectivity index (χ1) is 13.6. The smallest absolute Gasteiger partial charge is 0.341 e. The quantitative estimate of drug-likeness (QED) is 0.724. The van der Waals surface area contributed by atoms with Crippen LogP contribution in [0.3, 0.4) is 0 Å². The highest BCUT2D eigenvalue weighted by molar-refractivity contribution is 5.97. The van der Waals surface area contributed by atoms with Gasteiger partial charge in [-0.25, -0.2) is 4.79 Å². The maximum absolute atomic E-state index is 12.8. The van der Waals surface area contributed by atoms with Crippen molar-refractivity contribution in [1.29, 1.82) is 0 Å². The second-order valence-electron chi connectivity index (χ2n) is 7.12. The predicted molar refractivity (Wildman–Crippen MR) is 107 cm³/mol. The number of nitrogens with zero attached hydrogens (tertiary/aromatic N) is 1.